The van der Waals surface area contributed by atoms with Crippen LogP contribution >= 0.6 is 34.0 Å². The van der Waals surface area contributed by atoms with Crippen molar-refractivity contribution < 1.29 is 80.6 Å². The highest BCUT2D eigenvalue weighted by Gasteiger charge is 2.38. The number of carbonyl (C=O) groups excluding carboxylic acids is 4. The Hall–Kier alpha value is -13.7. The zero-order valence-corrected chi connectivity index (χ0v) is 72.5. The second kappa shape index (κ2) is 36.9. The van der Waals surface area contributed by atoms with Crippen molar-refractivity contribution in [1.82, 2.24) is 117 Å². The summed E-state index contributed by atoms with van der Waals surface area (Å²) in [5, 5.41) is 36.8. The van der Waals surface area contributed by atoms with Crippen molar-refractivity contribution in [2.24, 2.45) is 28.2 Å². The number of rotatable bonds is 22. The summed E-state index contributed by atoms with van der Waals surface area (Å²) in [5.41, 5.74) is 4.48. The molecule has 20 heterocycles. The summed E-state index contributed by atoms with van der Waals surface area (Å²) in [6, 6.07) is 17.4. The van der Waals surface area contributed by atoms with Gasteiger partial charge in [-0.3, -0.25) is 37.9 Å². The zero-order chi connectivity index (χ0) is 93.0. The Kier molecular flexibility index (Phi) is 25.2. The number of aryl methyl sites for hydroxylation is 5. The minimum atomic E-state index is -4.60. The second-order valence-electron chi connectivity index (χ2n) is 31.4. The number of ketones is 4. The minimum Gasteiger partial charge on any atom is -0.336 e. The number of aromatic nitrogens is 24. The molecular formula is C83H74F14N28O4S3. The van der Waals surface area contributed by atoms with Crippen LogP contribution < -0.4 is 19.6 Å². The molecule has 16 aromatic rings. The first kappa shape index (κ1) is 90.2. The van der Waals surface area contributed by atoms with Crippen molar-refractivity contribution in [2.45, 2.75) is 108 Å². The third-order valence-electron chi connectivity index (χ3n) is 22.1. The molecule has 0 amide bonds. The lowest BCUT2D eigenvalue weighted by Crippen LogP contribution is -2.21. The third-order valence-corrected chi connectivity index (χ3v) is 24.9. The van der Waals surface area contributed by atoms with E-state index >= 15 is 0 Å². The molecule has 0 aromatic carbocycles. The van der Waals surface area contributed by atoms with Gasteiger partial charge >= 0.3 is 12.4 Å². The van der Waals surface area contributed by atoms with Crippen LogP contribution in [0, 0.1) is 6.92 Å². The van der Waals surface area contributed by atoms with E-state index in [1.807, 2.05) is 0 Å². The number of carbonyl (C=O) groups is 4. The van der Waals surface area contributed by atoms with Crippen LogP contribution in [-0.4, -0.2) is 218 Å². The predicted molar refractivity (Wildman–Crippen MR) is 455 cm³/mol. The molecule has 4 aliphatic rings. The van der Waals surface area contributed by atoms with Gasteiger partial charge in [0.1, 0.15) is 79.6 Å². The molecule has 132 heavy (non-hydrogen) atoms. The number of hydrogen-bond acceptors (Lipinski definition) is 27. The fourth-order valence-electron chi connectivity index (χ4n) is 15.5. The fourth-order valence-corrected chi connectivity index (χ4v) is 18.1. The highest BCUT2D eigenvalue weighted by Crippen LogP contribution is 2.39. The normalized spacial score (nSPS) is 16.6. The molecule has 32 nitrogen and oxygen atoms in total. The second-order valence-corrected chi connectivity index (χ2v) is 34.3. The lowest BCUT2D eigenvalue weighted by atomic mass is 10.0. The summed E-state index contributed by atoms with van der Waals surface area (Å²) in [4.78, 5) is 93.2. The molecule has 0 spiro atoms. The van der Waals surface area contributed by atoms with Gasteiger partial charge in [0.05, 0.1) is 73.4 Å². The molecule has 4 atom stereocenters. The average Bonchev–Trinajstić information content (AvgIpc) is 1.65. The smallest absolute Gasteiger partial charge is 0.336 e. The maximum atomic E-state index is 13.5. The van der Waals surface area contributed by atoms with E-state index in [1.165, 1.54) is 61.0 Å². The highest BCUT2D eigenvalue weighted by molar-refractivity contribution is 7.15. The van der Waals surface area contributed by atoms with Gasteiger partial charge in [0.15, 0.2) is 51.4 Å². The number of thiazole rings is 3. The molecule has 0 aliphatic carbocycles. The molecular weight excluding hydrogens is 1820 g/mol. The largest absolute Gasteiger partial charge is 0.434 e. The van der Waals surface area contributed by atoms with Gasteiger partial charge in [-0.1, -0.05) is 6.07 Å². The van der Waals surface area contributed by atoms with E-state index in [1.54, 1.807) is 146 Å². The van der Waals surface area contributed by atoms with Crippen molar-refractivity contribution in [3.63, 3.8) is 0 Å². The van der Waals surface area contributed by atoms with Gasteiger partial charge in [-0.15, -0.1) is 54.4 Å². The summed E-state index contributed by atoms with van der Waals surface area (Å²) in [7, 11) is 6.36. The highest BCUT2D eigenvalue weighted by atomic mass is 32.1. The third kappa shape index (κ3) is 19.4. The Morgan fingerprint density at radius 3 is 1.05 bits per heavy atom. The van der Waals surface area contributed by atoms with E-state index in [2.05, 4.69) is 80.7 Å². The molecule has 0 unspecified atom stereocenters. The molecule has 686 valence electrons. The number of halogens is 14. The van der Waals surface area contributed by atoms with Crippen LogP contribution in [0.25, 0.3) is 65.6 Å². The van der Waals surface area contributed by atoms with Gasteiger partial charge in [0, 0.05) is 126 Å². The summed E-state index contributed by atoms with van der Waals surface area (Å²) >= 11 is 2.97. The summed E-state index contributed by atoms with van der Waals surface area (Å²) in [6.45, 7) is 4.83. The molecule has 20 rings (SSSR count). The molecule has 0 bridgehead atoms. The summed E-state index contributed by atoms with van der Waals surface area (Å²) in [5.74, 6) is 0.668. The van der Waals surface area contributed by atoms with Crippen molar-refractivity contribution in [3.05, 3.63) is 200 Å². The van der Waals surface area contributed by atoms with Gasteiger partial charge in [0.25, 0.3) is 12.9 Å². The van der Waals surface area contributed by atoms with Crippen molar-refractivity contribution >= 4 is 104 Å². The van der Waals surface area contributed by atoms with Crippen molar-refractivity contribution in [2.75, 3.05) is 72.0 Å². The first-order valence-corrected chi connectivity index (χ1v) is 43.4. The topological polar surface area (TPSA) is 325 Å². The first-order chi connectivity index (χ1) is 63.1. The molecule has 0 saturated carbocycles. The van der Waals surface area contributed by atoms with E-state index in [9.17, 15) is 80.6 Å². The van der Waals surface area contributed by atoms with Crippen LogP contribution in [0.5, 0.6) is 0 Å². The number of fused-ring (bicyclic) bond motifs is 4. The molecule has 0 N–H and O–H groups in total. The molecule has 4 aliphatic heterocycles. The number of Topliss-reactive ketones (excluding diaryl/α,β-unsaturated/α-hetero) is 4. The van der Waals surface area contributed by atoms with E-state index in [0.717, 1.165) is 45.5 Å². The zero-order valence-electron chi connectivity index (χ0n) is 70.1. The van der Waals surface area contributed by atoms with E-state index in [0.29, 0.717) is 158 Å². The predicted octanol–water partition coefficient (Wildman–Crippen LogP) is 14.4. The number of pyridine rings is 5. The van der Waals surface area contributed by atoms with E-state index in [-0.39, 0.29) is 120 Å². The number of hydrogen-bond donors (Lipinski definition) is 0. The monoisotopic (exact) mass is 1890 g/mol. The Morgan fingerprint density at radius 2 is 0.735 bits per heavy atom. The Morgan fingerprint density at radius 1 is 0.402 bits per heavy atom. The minimum absolute atomic E-state index is 0.0145. The average molecular weight is 1890 g/mol. The van der Waals surface area contributed by atoms with Crippen LogP contribution in [0.2, 0.25) is 0 Å². The van der Waals surface area contributed by atoms with Crippen LogP contribution in [0.4, 0.5) is 85.3 Å². The molecule has 0 radical (unpaired) electrons. The summed E-state index contributed by atoms with van der Waals surface area (Å²) in [6.07, 6.45) is -3.85. The van der Waals surface area contributed by atoms with Crippen molar-refractivity contribution in [3.8, 4) is 43.0 Å². The number of anilines is 4. The maximum absolute atomic E-state index is 13.5. The van der Waals surface area contributed by atoms with Crippen LogP contribution in [0.15, 0.2) is 127 Å². The molecule has 49 heteroatoms. The molecule has 16 aromatic heterocycles. The number of nitrogens with zero attached hydrogens (tertiary/aromatic N) is 28. The van der Waals surface area contributed by atoms with Crippen LogP contribution in [0.1, 0.15) is 130 Å². The quantitative estimate of drug-likeness (QED) is 0.0449. The molecule has 4 saturated heterocycles. The fraction of sp³-hybridized carbons (Fsp3) is 0.349. The molecule has 4 fully saturated rings. The van der Waals surface area contributed by atoms with E-state index < -0.39 is 61.3 Å². The van der Waals surface area contributed by atoms with Gasteiger partial charge in [-0.05, 0) is 116 Å². The van der Waals surface area contributed by atoms with E-state index in [4.69, 9.17) is 0 Å². The van der Waals surface area contributed by atoms with Gasteiger partial charge in [-0.25, -0.2) is 73.1 Å². The summed E-state index contributed by atoms with van der Waals surface area (Å²) < 4.78 is 196. The maximum Gasteiger partial charge on any atom is 0.434 e. The van der Waals surface area contributed by atoms with Crippen molar-refractivity contribution in [1.29, 1.82) is 0 Å². The Bertz CT molecular complexity index is 7000. The van der Waals surface area contributed by atoms with Gasteiger partial charge in [0.2, 0.25) is 23.8 Å². The van der Waals surface area contributed by atoms with Gasteiger partial charge in [-0.2, -0.15) is 66.7 Å². The van der Waals surface area contributed by atoms with Crippen LogP contribution in [0.3, 0.4) is 0 Å². The lowest BCUT2D eigenvalue weighted by molar-refractivity contribution is -0.141. The Labute approximate surface area is 748 Å². The number of alkyl halides is 14. The lowest BCUT2D eigenvalue weighted by Gasteiger charge is -2.10. The SMILES string of the molecule is Cc1sc(-c2cnn(C)c2C(=O)Cc2ccn3nc(N4CC[C@@H](F)C4)nc3c2)nc1C(F)F.Cn1ncc(-c2cccc(C(F)(F)F)n2)c1C(=O)Cc1ccn2nc(N3CC[C@H](F)C3)nc2c1.Cn1ncc(-c2nc(C(F)(F)F)cs2)c1C(=O)Cc1ccn2nc(N3CC[C@@H](F)C3)nc2c1.Cn1ncc(-c2nc(C(F)F)cs2)c1C(=O)Cc1ccn2nc(N3CC[C@H](F)C3)nc2c1. The standard InChI is InChI=1S/C22H19F4N7O.C21H20F3N7OS.C20H17F4N7OS.C20H18F3N7OS/c1-31-20(15(11-27-31)16-3-2-4-18(28-16)22(24,25)26)17(34)9-13-5-8-33-19(10-13)29-21(30-33)32-7-6-14(23)12-32;1-11-17(19(23)24)27-20(33-11)14-9-25-29(2)18(14)15(32)7-12-3-6-31-16(8-12)26-21(28-31)30-5-4-13(22)10-30;1-29-17(13(8-25-29)18-26-15(10-33-18)20(22,23)24)14(32)6-11-2-5-31-16(7-11)27-19(28-31)30-4-3-12(21)9-30;1-28-17(13(8-24-28)19-25-14(10-32-19)18(22)23)15(31)6-11-2-5-30-16(7-11)26-20(27-30)29-4-3-12(21)9-29/h2-5,8,10-11,14H,6-7,9,12H2,1H3;3,6,8-9,13,19H,4-5,7,10H2,1-2H3;2,5,7-8,10,12H,3-4,6,9H2,1H3;2,5,7-8,10,12,18H,3-4,6,9H2,1H3/t14-;13-;2*12-/m0110/s1. The Balaban J connectivity index is 0.000000123. The van der Waals surface area contributed by atoms with Crippen LogP contribution in [-0.2, 0) is 66.2 Å². The van der Waals surface area contributed by atoms with Gasteiger partial charge < -0.3 is 19.6 Å². The first-order valence-electron chi connectivity index (χ1n) is 40.8.